The lowest BCUT2D eigenvalue weighted by Gasteiger charge is -2.06. The predicted octanol–water partition coefficient (Wildman–Crippen LogP) is -1.74. The molecule has 0 saturated carbocycles. The number of oxime groups is 1. The normalized spacial score (nSPS) is 12.1. The van der Waals surface area contributed by atoms with E-state index >= 15 is 0 Å². The predicted molar refractivity (Wildman–Crippen MR) is 42.0 cm³/mol. The Morgan fingerprint density at radius 2 is 2.07 bits per heavy atom. The Kier molecular flexibility index (Phi) is 4.54. The molecule has 3 nitrogen and oxygen atoms in total. The molecule has 84 valence electrons. The molecule has 0 spiro atoms. The van der Waals surface area contributed by atoms with Gasteiger partial charge in [0, 0.05) is 6.07 Å². The van der Waals surface area contributed by atoms with Crippen molar-refractivity contribution in [2.24, 2.45) is 12.2 Å². The Hall–Kier alpha value is -1.30. The molecule has 1 aromatic heterocycles. The molecular formula is C8H8ClF3N2O. The number of halogens is 4. The molecule has 0 fully saturated rings. The number of pyridine rings is 1. The van der Waals surface area contributed by atoms with Gasteiger partial charge in [-0.2, -0.15) is 13.2 Å². The first-order valence-corrected chi connectivity index (χ1v) is 3.70. The number of rotatable bonds is 1. The fourth-order valence-corrected chi connectivity index (χ4v) is 1.01. The molecule has 15 heavy (non-hydrogen) atoms. The maximum atomic E-state index is 12.2. The average Bonchev–Trinajstić information content (AvgIpc) is 2.02. The monoisotopic (exact) mass is 240 g/mol. The van der Waals surface area contributed by atoms with E-state index in [4.69, 9.17) is 5.21 Å². The van der Waals surface area contributed by atoms with E-state index in [-0.39, 0.29) is 18.0 Å². The molecule has 0 unspecified atom stereocenters. The van der Waals surface area contributed by atoms with Crippen LogP contribution in [0.15, 0.2) is 29.7 Å². The van der Waals surface area contributed by atoms with Crippen molar-refractivity contribution < 1.29 is 35.4 Å². The van der Waals surface area contributed by atoms with Gasteiger partial charge in [0.05, 0.1) is 5.56 Å². The topological polar surface area (TPSA) is 36.5 Å². The van der Waals surface area contributed by atoms with Crippen molar-refractivity contribution >= 4 is 5.71 Å². The Labute approximate surface area is 90.2 Å². The van der Waals surface area contributed by atoms with Crippen LogP contribution in [0.4, 0.5) is 13.2 Å². The van der Waals surface area contributed by atoms with E-state index in [9.17, 15) is 13.2 Å². The van der Waals surface area contributed by atoms with Crippen LogP contribution in [-0.4, -0.2) is 17.1 Å². The quantitative estimate of drug-likeness (QED) is 0.269. The molecule has 0 aromatic carbocycles. The summed E-state index contributed by atoms with van der Waals surface area (Å²) < 4.78 is 38.2. The van der Waals surface area contributed by atoms with E-state index in [1.54, 1.807) is 13.2 Å². The fourth-order valence-electron chi connectivity index (χ4n) is 1.01. The third kappa shape index (κ3) is 3.39. The molecule has 0 amide bonds. The smallest absolute Gasteiger partial charge is 0.437 e. The van der Waals surface area contributed by atoms with Crippen LogP contribution in [0, 0.1) is 0 Å². The summed E-state index contributed by atoms with van der Waals surface area (Å²) in [5.41, 5.74) is -1.47. The van der Waals surface area contributed by atoms with Crippen LogP contribution in [0.1, 0.15) is 5.56 Å². The van der Waals surface area contributed by atoms with Gasteiger partial charge in [0.1, 0.15) is 7.05 Å². The van der Waals surface area contributed by atoms with Gasteiger partial charge in [-0.1, -0.05) is 5.16 Å². The Morgan fingerprint density at radius 3 is 2.47 bits per heavy atom. The number of alkyl halides is 3. The lowest BCUT2D eigenvalue weighted by Crippen LogP contribution is -3.00. The van der Waals surface area contributed by atoms with Gasteiger partial charge in [-0.3, -0.25) is 0 Å². The summed E-state index contributed by atoms with van der Waals surface area (Å²) in [6.07, 6.45) is -1.85. The molecule has 0 bridgehead atoms. The molecule has 0 aliphatic heterocycles. The lowest BCUT2D eigenvalue weighted by atomic mass is 10.2. The fraction of sp³-hybridized carbons (Fsp3) is 0.250. The van der Waals surface area contributed by atoms with Crippen molar-refractivity contribution in [3.8, 4) is 0 Å². The van der Waals surface area contributed by atoms with E-state index in [2.05, 4.69) is 5.16 Å². The number of aromatic nitrogens is 1. The van der Waals surface area contributed by atoms with Gasteiger partial charge in [0.15, 0.2) is 18.1 Å². The van der Waals surface area contributed by atoms with Gasteiger partial charge < -0.3 is 17.6 Å². The summed E-state index contributed by atoms with van der Waals surface area (Å²) >= 11 is 0. The zero-order valence-electron chi connectivity index (χ0n) is 7.66. The largest absolute Gasteiger partial charge is 1.00 e. The minimum Gasteiger partial charge on any atom is -1.00 e. The number of nitrogens with zero attached hydrogens (tertiary/aromatic N) is 2. The third-order valence-electron chi connectivity index (χ3n) is 1.58. The van der Waals surface area contributed by atoms with Gasteiger partial charge in [0.25, 0.3) is 0 Å². The van der Waals surface area contributed by atoms with Gasteiger partial charge >= 0.3 is 6.18 Å². The number of aryl methyl sites for hydroxylation is 1. The van der Waals surface area contributed by atoms with Crippen LogP contribution < -0.4 is 17.0 Å². The van der Waals surface area contributed by atoms with Crippen LogP contribution in [-0.2, 0) is 7.05 Å². The Morgan fingerprint density at radius 1 is 1.47 bits per heavy atom. The summed E-state index contributed by atoms with van der Waals surface area (Å²) in [5, 5.41) is 10.5. The summed E-state index contributed by atoms with van der Waals surface area (Å²) in [7, 11) is 1.58. The van der Waals surface area contributed by atoms with Crippen LogP contribution in [0.3, 0.4) is 0 Å². The van der Waals surface area contributed by atoms with Gasteiger partial charge in [-0.25, -0.2) is 4.57 Å². The molecule has 0 aliphatic rings. The second-order valence-electron chi connectivity index (χ2n) is 2.70. The first-order valence-electron chi connectivity index (χ1n) is 3.70. The highest BCUT2D eigenvalue weighted by Gasteiger charge is 2.38. The molecule has 0 saturated heterocycles. The van der Waals surface area contributed by atoms with E-state index in [1.807, 2.05) is 0 Å². The highest BCUT2D eigenvalue weighted by Crippen LogP contribution is 2.21. The van der Waals surface area contributed by atoms with E-state index < -0.39 is 11.9 Å². The molecule has 0 aliphatic carbocycles. The van der Waals surface area contributed by atoms with Crippen molar-refractivity contribution in [3.05, 3.63) is 30.1 Å². The van der Waals surface area contributed by atoms with Crippen molar-refractivity contribution in [2.45, 2.75) is 6.18 Å². The zero-order valence-corrected chi connectivity index (χ0v) is 8.42. The van der Waals surface area contributed by atoms with Gasteiger partial charge in [-0.05, 0) is 6.07 Å². The zero-order chi connectivity index (χ0) is 10.8. The summed E-state index contributed by atoms with van der Waals surface area (Å²) in [5.74, 6) is 0. The minimum absolute atomic E-state index is 0. The van der Waals surface area contributed by atoms with Crippen molar-refractivity contribution in [1.29, 1.82) is 0 Å². The summed E-state index contributed by atoms with van der Waals surface area (Å²) in [4.78, 5) is 0. The van der Waals surface area contributed by atoms with E-state index in [1.165, 1.54) is 22.9 Å². The van der Waals surface area contributed by atoms with Crippen molar-refractivity contribution in [1.82, 2.24) is 0 Å². The molecule has 1 heterocycles. The Balaban J connectivity index is 0.00000196. The maximum absolute atomic E-state index is 12.2. The van der Waals surface area contributed by atoms with Crippen LogP contribution in [0.25, 0.3) is 0 Å². The van der Waals surface area contributed by atoms with Gasteiger partial charge in [-0.15, -0.1) is 0 Å². The Bertz CT molecular complexity index is 365. The molecule has 1 N–H and O–H groups in total. The summed E-state index contributed by atoms with van der Waals surface area (Å²) in [6, 6.07) is 2.66. The molecular weight excluding hydrogens is 233 g/mol. The van der Waals surface area contributed by atoms with Crippen LogP contribution >= 0.6 is 0 Å². The number of hydrogen-bond donors (Lipinski definition) is 1. The average molecular weight is 241 g/mol. The second kappa shape index (κ2) is 4.97. The van der Waals surface area contributed by atoms with Crippen molar-refractivity contribution in [2.75, 3.05) is 0 Å². The lowest BCUT2D eigenvalue weighted by molar-refractivity contribution is -0.671. The minimum atomic E-state index is -4.65. The first-order chi connectivity index (χ1) is 6.45. The molecule has 1 rings (SSSR count). The molecule has 1 aromatic rings. The summed E-state index contributed by atoms with van der Waals surface area (Å²) in [6.45, 7) is 0. The first kappa shape index (κ1) is 13.7. The maximum Gasteiger partial charge on any atom is 0.437 e. The molecule has 0 radical (unpaired) electrons. The highest BCUT2D eigenvalue weighted by molar-refractivity contribution is 6.03. The SMILES string of the molecule is C[n+]1cccc(/C(=N/O)C(F)(F)F)c1.[Cl-]. The number of hydrogen-bond acceptors (Lipinski definition) is 2. The standard InChI is InChI=1S/C8H7F3N2O.ClH/c1-13-4-2-3-6(5-13)7(12-14)8(9,10)11;/h2-5H,1H3;1H/b12-7-;. The molecule has 0 atom stereocenters. The highest BCUT2D eigenvalue weighted by atomic mass is 35.5. The van der Waals surface area contributed by atoms with Crippen LogP contribution in [0.5, 0.6) is 0 Å². The molecule has 7 heteroatoms. The van der Waals surface area contributed by atoms with Crippen LogP contribution in [0.2, 0.25) is 0 Å². The van der Waals surface area contributed by atoms with Gasteiger partial charge in [0.2, 0.25) is 0 Å². The van der Waals surface area contributed by atoms with E-state index in [0.717, 1.165) is 0 Å². The van der Waals surface area contributed by atoms with Crippen molar-refractivity contribution in [3.63, 3.8) is 0 Å². The van der Waals surface area contributed by atoms with E-state index in [0.29, 0.717) is 0 Å². The third-order valence-corrected chi connectivity index (χ3v) is 1.58. The second-order valence-corrected chi connectivity index (χ2v) is 2.70.